The van der Waals surface area contributed by atoms with E-state index in [4.69, 9.17) is 10.8 Å². The molecule has 6 N–H and O–H groups in total. The maximum atomic E-state index is 12.0. The highest BCUT2D eigenvalue weighted by Crippen LogP contribution is 2.29. The number of anilines is 2. The summed E-state index contributed by atoms with van der Waals surface area (Å²) in [6, 6.07) is 16.8. The molecule has 0 radical (unpaired) electrons. The van der Waals surface area contributed by atoms with E-state index in [0.717, 1.165) is 11.1 Å². The quantitative estimate of drug-likeness (QED) is 0.140. The minimum absolute atomic E-state index is 0.0873. The van der Waals surface area contributed by atoms with Gasteiger partial charge in [0.25, 0.3) is 0 Å². The second kappa shape index (κ2) is 13.6. The van der Waals surface area contributed by atoms with Gasteiger partial charge in [-0.05, 0) is 29.7 Å². The van der Waals surface area contributed by atoms with Gasteiger partial charge in [0.2, 0.25) is 11.8 Å². The number of rotatable bonds is 11. The number of nitrogen functional groups attached to an aromatic ring is 1. The number of nitrogens with two attached hydrogens (primary N) is 1. The van der Waals surface area contributed by atoms with Crippen molar-refractivity contribution in [1.82, 2.24) is 20.6 Å². The first kappa shape index (κ1) is 27.9. The Bertz CT molecular complexity index is 1360. The SMILES string of the molecule is CC(=O)Nc1ccc(-c2nc(SCc3cccc(CCC(=O)NCCNC(=O)O)c3)nc(N)c2C#N)cc1. The summed E-state index contributed by atoms with van der Waals surface area (Å²) in [4.78, 5) is 42.6. The molecule has 0 aliphatic heterocycles. The van der Waals surface area contributed by atoms with Gasteiger partial charge in [-0.15, -0.1) is 0 Å². The van der Waals surface area contributed by atoms with Crippen molar-refractivity contribution in [3.63, 3.8) is 0 Å². The molecule has 0 saturated carbocycles. The van der Waals surface area contributed by atoms with Crippen LogP contribution in [0.3, 0.4) is 0 Å². The number of nitrogens with one attached hydrogen (secondary N) is 3. The van der Waals surface area contributed by atoms with E-state index in [9.17, 15) is 19.6 Å². The summed E-state index contributed by atoms with van der Waals surface area (Å²) in [7, 11) is 0. The van der Waals surface area contributed by atoms with Gasteiger partial charge in [0, 0.05) is 43.4 Å². The normalized spacial score (nSPS) is 10.3. The molecule has 0 fully saturated rings. The number of nitrogens with zero attached hydrogens (tertiary/aromatic N) is 3. The van der Waals surface area contributed by atoms with Gasteiger partial charge in [-0.2, -0.15) is 5.26 Å². The van der Waals surface area contributed by atoms with Gasteiger partial charge in [0.05, 0.1) is 5.69 Å². The average molecular weight is 534 g/mol. The molecule has 0 atom stereocenters. The van der Waals surface area contributed by atoms with Crippen LogP contribution < -0.4 is 21.7 Å². The second-order valence-electron chi connectivity index (χ2n) is 8.18. The van der Waals surface area contributed by atoms with Crippen molar-refractivity contribution >= 4 is 41.2 Å². The molecule has 0 aliphatic rings. The van der Waals surface area contributed by atoms with Crippen molar-refractivity contribution in [2.24, 2.45) is 0 Å². The first-order valence-corrected chi connectivity index (χ1v) is 12.6. The molecule has 12 heteroatoms. The van der Waals surface area contributed by atoms with Crippen LogP contribution in [0.5, 0.6) is 0 Å². The zero-order valence-corrected chi connectivity index (χ0v) is 21.5. The molecule has 0 unspecified atom stereocenters. The molecule has 3 amide bonds. The molecule has 1 heterocycles. The predicted molar refractivity (Wildman–Crippen MR) is 144 cm³/mol. The minimum Gasteiger partial charge on any atom is -0.465 e. The summed E-state index contributed by atoms with van der Waals surface area (Å²) < 4.78 is 0. The van der Waals surface area contributed by atoms with E-state index in [1.807, 2.05) is 24.3 Å². The van der Waals surface area contributed by atoms with Crippen LogP contribution in [0.25, 0.3) is 11.3 Å². The Hall–Kier alpha value is -4.63. The Morgan fingerprint density at radius 2 is 1.76 bits per heavy atom. The zero-order chi connectivity index (χ0) is 27.5. The molecule has 0 bridgehead atoms. The number of aryl methyl sites for hydroxylation is 1. The fourth-order valence-electron chi connectivity index (χ4n) is 3.50. The van der Waals surface area contributed by atoms with Gasteiger partial charge in [-0.1, -0.05) is 48.2 Å². The van der Waals surface area contributed by atoms with Crippen molar-refractivity contribution in [3.8, 4) is 17.3 Å². The molecule has 38 heavy (non-hydrogen) atoms. The van der Waals surface area contributed by atoms with Gasteiger partial charge in [-0.3, -0.25) is 9.59 Å². The second-order valence-corrected chi connectivity index (χ2v) is 9.12. The maximum absolute atomic E-state index is 12.0. The number of carbonyl (C=O) groups is 3. The highest BCUT2D eigenvalue weighted by Gasteiger charge is 2.15. The molecule has 0 saturated heterocycles. The number of carbonyl (C=O) groups excluding carboxylic acids is 2. The average Bonchev–Trinajstić information content (AvgIpc) is 2.88. The van der Waals surface area contributed by atoms with Gasteiger partial charge in [-0.25, -0.2) is 14.8 Å². The minimum atomic E-state index is -1.13. The molecule has 3 aromatic rings. The number of aromatic nitrogens is 2. The monoisotopic (exact) mass is 533 g/mol. The van der Waals surface area contributed by atoms with Crippen LogP contribution in [0, 0.1) is 11.3 Å². The maximum Gasteiger partial charge on any atom is 0.404 e. The lowest BCUT2D eigenvalue weighted by molar-refractivity contribution is -0.121. The lowest BCUT2D eigenvalue weighted by Crippen LogP contribution is -2.34. The third kappa shape index (κ3) is 8.49. The Morgan fingerprint density at radius 3 is 2.45 bits per heavy atom. The Balaban J connectivity index is 1.64. The Labute approximate surface area is 223 Å². The number of thioether (sulfide) groups is 1. The van der Waals surface area contributed by atoms with Crippen LogP contribution in [0.2, 0.25) is 0 Å². The number of nitriles is 1. The van der Waals surface area contributed by atoms with Gasteiger partial charge >= 0.3 is 6.09 Å². The van der Waals surface area contributed by atoms with Crippen molar-refractivity contribution in [2.45, 2.75) is 30.7 Å². The van der Waals surface area contributed by atoms with E-state index in [1.165, 1.54) is 18.7 Å². The molecular weight excluding hydrogens is 506 g/mol. The molecule has 0 aliphatic carbocycles. The first-order chi connectivity index (χ1) is 18.2. The van der Waals surface area contributed by atoms with Crippen LogP contribution in [-0.4, -0.2) is 46.1 Å². The highest BCUT2D eigenvalue weighted by molar-refractivity contribution is 7.98. The van der Waals surface area contributed by atoms with Gasteiger partial charge < -0.3 is 26.8 Å². The summed E-state index contributed by atoms with van der Waals surface area (Å²) in [5, 5.41) is 26.1. The molecule has 196 valence electrons. The standard InChI is InChI=1S/C26H27N7O4S/c1-16(34)31-20-8-6-19(7-9-20)23-21(14-27)24(28)33-25(32-23)38-15-18-4-2-3-17(13-18)5-10-22(35)29-11-12-30-26(36)37/h2-4,6-9,13,30H,5,10-12,15H2,1H3,(H,29,35)(H,31,34)(H,36,37)(H2,28,32,33). The van der Waals surface area contributed by atoms with Crippen LogP contribution in [0.1, 0.15) is 30.0 Å². The molecule has 0 spiro atoms. The van der Waals surface area contributed by atoms with Crippen LogP contribution in [0.4, 0.5) is 16.3 Å². The molecular formula is C26H27N7O4S. The first-order valence-electron chi connectivity index (χ1n) is 11.6. The molecule has 1 aromatic heterocycles. The van der Waals surface area contributed by atoms with Crippen molar-refractivity contribution in [1.29, 1.82) is 5.26 Å². The van der Waals surface area contributed by atoms with Crippen molar-refractivity contribution < 1.29 is 19.5 Å². The summed E-state index contributed by atoms with van der Waals surface area (Å²) in [6.45, 7) is 1.81. The summed E-state index contributed by atoms with van der Waals surface area (Å²) >= 11 is 1.37. The molecule has 3 rings (SSSR count). The van der Waals surface area contributed by atoms with Crippen molar-refractivity contribution in [3.05, 3.63) is 65.2 Å². The number of carboxylic acid groups (broad SMARTS) is 1. The van der Waals surface area contributed by atoms with E-state index < -0.39 is 6.09 Å². The van der Waals surface area contributed by atoms with E-state index >= 15 is 0 Å². The van der Waals surface area contributed by atoms with E-state index in [1.54, 1.807) is 24.3 Å². The molecule has 2 aromatic carbocycles. The third-order valence-electron chi connectivity index (χ3n) is 5.23. The van der Waals surface area contributed by atoms with Crippen LogP contribution in [-0.2, 0) is 21.8 Å². The van der Waals surface area contributed by atoms with Gasteiger partial charge in [0.15, 0.2) is 5.16 Å². The number of amides is 3. The third-order valence-corrected chi connectivity index (χ3v) is 6.15. The summed E-state index contributed by atoms with van der Waals surface area (Å²) in [6.07, 6.45) is -0.310. The van der Waals surface area contributed by atoms with Crippen LogP contribution >= 0.6 is 11.8 Å². The lowest BCUT2D eigenvalue weighted by atomic mass is 10.1. The highest BCUT2D eigenvalue weighted by atomic mass is 32.2. The van der Waals surface area contributed by atoms with E-state index in [2.05, 4.69) is 32.0 Å². The number of benzene rings is 2. The smallest absolute Gasteiger partial charge is 0.404 e. The summed E-state index contributed by atoms with van der Waals surface area (Å²) in [5.74, 6) is 0.297. The number of hydrogen-bond acceptors (Lipinski definition) is 8. The Morgan fingerprint density at radius 1 is 1.05 bits per heavy atom. The largest absolute Gasteiger partial charge is 0.465 e. The van der Waals surface area contributed by atoms with E-state index in [-0.39, 0.29) is 42.7 Å². The van der Waals surface area contributed by atoms with E-state index in [0.29, 0.717) is 34.3 Å². The predicted octanol–water partition coefficient (Wildman–Crippen LogP) is 3.16. The lowest BCUT2D eigenvalue weighted by Gasteiger charge is -2.10. The van der Waals surface area contributed by atoms with Crippen molar-refractivity contribution in [2.75, 3.05) is 24.1 Å². The fourth-order valence-corrected chi connectivity index (χ4v) is 4.29. The molecule has 11 nitrogen and oxygen atoms in total. The summed E-state index contributed by atoms with van der Waals surface area (Å²) in [5.41, 5.74) is 9.96. The topological polar surface area (TPSA) is 183 Å². The fraction of sp³-hybridized carbons (Fsp3) is 0.231. The Kier molecular flexibility index (Phi) is 10.0. The van der Waals surface area contributed by atoms with Crippen LogP contribution in [0.15, 0.2) is 53.7 Å². The van der Waals surface area contributed by atoms with Gasteiger partial charge in [0.1, 0.15) is 17.5 Å². The number of hydrogen-bond donors (Lipinski definition) is 5. The zero-order valence-electron chi connectivity index (χ0n) is 20.7.